The Kier molecular flexibility index (Phi) is 3.92. The first-order valence-electron chi connectivity index (χ1n) is 5.71. The molecular weight excluding hydrogens is 256 g/mol. The molecule has 108 valence electrons. The predicted octanol–water partition coefficient (Wildman–Crippen LogP) is 1.16. The van der Waals surface area contributed by atoms with E-state index in [9.17, 15) is 14.4 Å². The van der Waals surface area contributed by atoms with Crippen molar-refractivity contribution < 1.29 is 28.7 Å². The zero-order valence-electron chi connectivity index (χ0n) is 11.6. The molecule has 0 radical (unpaired) electrons. The van der Waals surface area contributed by atoms with Gasteiger partial charge in [0.2, 0.25) is 5.91 Å². The maximum Gasteiger partial charge on any atom is 0.534 e. The molecule has 0 unspecified atom stereocenters. The molecule has 1 rings (SSSR count). The molecule has 1 N–H and O–H groups in total. The molecule has 19 heavy (non-hydrogen) atoms. The first kappa shape index (κ1) is 15.1. The molecule has 1 fully saturated rings. The van der Waals surface area contributed by atoms with Crippen molar-refractivity contribution in [1.29, 1.82) is 0 Å². The molecule has 2 amide bonds. The molecule has 0 aromatic rings. The maximum absolute atomic E-state index is 11.7. The monoisotopic (exact) mass is 274 g/mol. The van der Waals surface area contributed by atoms with Crippen LogP contribution < -0.4 is 5.32 Å². The average Bonchev–Trinajstić information content (AvgIpc) is 2.18. The molecular formula is C11H18N2O6. The number of nitrogens with one attached hydrogen (secondary N) is 1. The van der Waals surface area contributed by atoms with Crippen LogP contribution in [-0.4, -0.2) is 41.1 Å². The number of amides is 2. The van der Waals surface area contributed by atoms with Gasteiger partial charge in [0.1, 0.15) is 12.1 Å². The molecule has 8 heteroatoms. The van der Waals surface area contributed by atoms with Gasteiger partial charge in [0.05, 0.1) is 0 Å². The fourth-order valence-corrected chi connectivity index (χ4v) is 1.29. The van der Waals surface area contributed by atoms with Gasteiger partial charge in [0.25, 0.3) is 0 Å². The lowest BCUT2D eigenvalue weighted by Gasteiger charge is -2.24. The lowest BCUT2D eigenvalue weighted by atomic mass is 10.2. The zero-order chi connectivity index (χ0) is 14.8. The van der Waals surface area contributed by atoms with E-state index in [0.717, 1.165) is 0 Å². The van der Waals surface area contributed by atoms with Crippen LogP contribution in [0.3, 0.4) is 0 Å². The molecule has 0 aliphatic carbocycles. The van der Waals surface area contributed by atoms with Crippen molar-refractivity contribution in [3.63, 3.8) is 0 Å². The summed E-state index contributed by atoms with van der Waals surface area (Å²) in [5.41, 5.74) is -1.94. The van der Waals surface area contributed by atoms with Gasteiger partial charge in [-0.1, -0.05) is 0 Å². The normalized spacial score (nSPS) is 19.1. The van der Waals surface area contributed by atoms with Crippen LogP contribution in [0, 0.1) is 0 Å². The van der Waals surface area contributed by atoms with Crippen LogP contribution in [0.25, 0.3) is 0 Å². The molecule has 0 aromatic heterocycles. The van der Waals surface area contributed by atoms with Crippen molar-refractivity contribution >= 4 is 18.2 Å². The van der Waals surface area contributed by atoms with Gasteiger partial charge in [-0.3, -0.25) is 9.63 Å². The Labute approximate surface area is 110 Å². The SMILES string of the molecule is CC(C)(C)OC(=O)ON1CC(=O)NC(C)(C)OC1=O. The molecule has 1 heterocycles. The van der Waals surface area contributed by atoms with E-state index in [0.29, 0.717) is 5.06 Å². The number of carbonyl (C=O) groups is 3. The van der Waals surface area contributed by atoms with Crippen molar-refractivity contribution in [2.24, 2.45) is 0 Å². The Morgan fingerprint density at radius 3 is 2.47 bits per heavy atom. The second-order valence-corrected chi connectivity index (χ2v) is 5.52. The van der Waals surface area contributed by atoms with Crippen molar-refractivity contribution in [1.82, 2.24) is 10.4 Å². The number of rotatable bonds is 1. The minimum atomic E-state index is -1.17. The van der Waals surface area contributed by atoms with Crippen molar-refractivity contribution in [2.75, 3.05) is 6.54 Å². The smallest absolute Gasteiger partial charge is 0.427 e. The Hall–Kier alpha value is -1.99. The molecule has 0 aromatic carbocycles. The van der Waals surface area contributed by atoms with E-state index >= 15 is 0 Å². The first-order valence-corrected chi connectivity index (χ1v) is 5.71. The number of nitrogens with zero attached hydrogens (tertiary/aromatic N) is 1. The van der Waals surface area contributed by atoms with Crippen LogP contribution in [0.1, 0.15) is 34.6 Å². The van der Waals surface area contributed by atoms with Crippen LogP contribution in [0.4, 0.5) is 9.59 Å². The molecule has 8 nitrogen and oxygen atoms in total. The number of cyclic esters (lactones) is 1. The summed E-state index contributed by atoms with van der Waals surface area (Å²) in [7, 11) is 0. The quantitative estimate of drug-likeness (QED) is 0.721. The maximum atomic E-state index is 11.7. The Morgan fingerprint density at radius 2 is 1.95 bits per heavy atom. The van der Waals surface area contributed by atoms with Crippen molar-refractivity contribution in [2.45, 2.75) is 45.9 Å². The molecule has 0 bridgehead atoms. The fraction of sp³-hybridized carbons (Fsp3) is 0.727. The van der Waals surface area contributed by atoms with Crippen LogP contribution in [-0.2, 0) is 19.1 Å². The summed E-state index contributed by atoms with van der Waals surface area (Å²) in [6, 6.07) is 0. The highest BCUT2D eigenvalue weighted by Crippen LogP contribution is 2.14. The number of carbonyl (C=O) groups excluding carboxylic acids is 3. The summed E-state index contributed by atoms with van der Waals surface area (Å²) >= 11 is 0. The zero-order valence-corrected chi connectivity index (χ0v) is 11.6. The van der Waals surface area contributed by atoms with Crippen molar-refractivity contribution in [3.05, 3.63) is 0 Å². The Morgan fingerprint density at radius 1 is 1.37 bits per heavy atom. The topological polar surface area (TPSA) is 94.2 Å². The molecule has 1 saturated heterocycles. The summed E-state index contributed by atoms with van der Waals surface area (Å²) in [5.74, 6) is -0.514. The van der Waals surface area contributed by atoms with E-state index in [1.807, 2.05) is 0 Å². The minimum absolute atomic E-state index is 0.457. The minimum Gasteiger partial charge on any atom is -0.427 e. The molecule has 1 aliphatic rings. The number of hydroxylamine groups is 2. The summed E-state index contributed by atoms with van der Waals surface area (Å²) in [6.07, 6.45) is -2.04. The van der Waals surface area contributed by atoms with E-state index in [1.54, 1.807) is 20.8 Å². The third-order valence-corrected chi connectivity index (χ3v) is 1.85. The van der Waals surface area contributed by atoms with Crippen LogP contribution in [0.15, 0.2) is 0 Å². The van der Waals surface area contributed by atoms with Gasteiger partial charge < -0.3 is 14.8 Å². The predicted molar refractivity (Wildman–Crippen MR) is 62.7 cm³/mol. The summed E-state index contributed by atoms with van der Waals surface area (Å²) in [4.78, 5) is 39.2. The molecule has 1 aliphatic heterocycles. The second-order valence-electron chi connectivity index (χ2n) is 5.52. The highest BCUT2D eigenvalue weighted by molar-refractivity contribution is 5.84. The Bertz CT molecular complexity index is 398. The van der Waals surface area contributed by atoms with E-state index in [4.69, 9.17) is 9.47 Å². The standard InChI is InChI=1S/C11H18N2O6/c1-10(2,3)18-9(16)19-13-6-7(14)12-11(4,5)17-8(13)15/h6H2,1-5H3,(H,12,14). The van der Waals surface area contributed by atoms with E-state index in [1.165, 1.54) is 13.8 Å². The third-order valence-electron chi connectivity index (χ3n) is 1.85. The number of ether oxygens (including phenoxy) is 2. The number of hydrogen-bond acceptors (Lipinski definition) is 6. The van der Waals surface area contributed by atoms with Crippen molar-refractivity contribution in [3.8, 4) is 0 Å². The fourth-order valence-electron chi connectivity index (χ4n) is 1.29. The van der Waals surface area contributed by atoms with Gasteiger partial charge in [-0.25, -0.2) is 9.59 Å². The summed E-state index contributed by atoms with van der Waals surface area (Å²) in [5, 5.41) is 2.96. The second kappa shape index (κ2) is 4.94. The Balaban J connectivity index is 2.70. The first-order chi connectivity index (χ1) is 8.48. The van der Waals surface area contributed by atoms with Crippen LogP contribution in [0.2, 0.25) is 0 Å². The highest BCUT2D eigenvalue weighted by Gasteiger charge is 2.36. The van der Waals surface area contributed by atoms with Gasteiger partial charge in [-0.15, -0.1) is 5.06 Å². The molecule has 0 saturated carbocycles. The highest BCUT2D eigenvalue weighted by atomic mass is 16.8. The summed E-state index contributed by atoms with van der Waals surface area (Å²) in [6.45, 7) is 7.47. The van der Waals surface area contributed by atoms with E-state index in [2.05, 4.69) is 10.2 Å². The van der Waals surface area contributed by atoms with Crippen LogP contribution >= 0.6 is 0 Å². The van der Waals surface area contributed by atoms with Crippen LogP contribution in [0.5, 0.6) is 0 Å². The van der Waals surface area contributed by atoms with Gasteiger partial charge in [-0.2, -0.15) is 0 Å². The number of hydrogen-bond donors (Lipinski definition) is 1. The molecule has 0 spiro atoms. The lowest BCUT2D eigenvalue weighted by molar-refractivity contribution is -0.138. The molecule has 0 atom stereocenters. The third kappa shape index (κ3) is 5.02. The van der Waals surface area contributed by atoms with Gasteiger partial charge >= 0.3 is 12.2 Å². The largest absolute Gasteiger partial charge is 0.534 e. The average molecular weight is 274 g/mol. The van der Waals surface area contributed by atoms with E-state index in [-0.39, 0.29) is 0 Å². The summed E-state index contributed by atoms with van der Waals surface area (Å²) < 4.78 is 9.81. The van der Waals surface area contributed by atoms with Gasteiger partial charge in [-0.05, 0) is 34.6 Å². The lowest BCUT2D eigenvalue weighted by Crippen LogP contribution is -2.44. The van der Waals surface area contributed by atoms with Gasteiger partial charge in [0.15, 0.2) is 5.72 Å². The van der Waals surface area contributed by atoms with E-state index < -0.39 is 36.0 Å². The van der Waals surface area contributed by atoms with Gasteiger partial charge in [0, 0.05) is 0 Å².